The van der Waals surface area contributed by atoms with E-state index in [-0.39, 0.29) is 11.9 Å². The molecule has 1 spiro atoms. The van der Waals surface area contributed by atoms with Crippen LogP contribution in [0.5, 0.6) is 11.5 Å². The van der Waals surface area contributed by atoms with Gasteiger partial charge in [0, 0.05) is 45.4 Å². The van der Waals surface area contributed by atoms with Gasteiger partial charge in [0.15, 0.2) is 11.5 Å². The zero-order valence-corrected chi connectivity index (χ0v) is 21.6. The molecular weight excluding hydrogens is 507 g/mol. The molecule has 0 saturated carbocycles. The van der Waals surface area contributed by atoms with Crippen molar-refractivity contribution in [3.8, 4) is 11.5 Å². The molecule has 2 aliphatic rings. The van der Waals surface area contributed by atoms with E-state index >= 15 is 0 Å². The van der Waals surface area contributed by atoms with E-state index < -0.39 is 5.60 Å². The van der Waals surface area contributed by atoms with Gasteiger partial charge in [-0.25, -0.2) is 4.79 Å². The van der Waals surface area contributed by atoms with Crippen molar-refractivity contribution < 1.29 is 23.9 Å². The molecular formula is C25H28Cl2N4O5. The topological polar surface area (TPSA) is 101 Å². The van der Waals surface area contributed by atoms with Crippen molar-refractivity contribution in [3.63, 3.8) is 0 Å². The van der Waals surface area contributed by atoms with E-state index in [2.05, 4.69) is 15.8 Å². The van der Waals surface area contributed by atoms with Crippen molar-refractivity contribution in [1.82, 2.24) is 15.5 Å². The lowest BCUT2D eigenvalue weighted by atomic mass is 9.87. The van der Waals surface area contributed by atoms with Crippen LogP contribution in [0.25, 0.3) is 0 Å². The molecule has 0 aliphatic carbocycles. The molecule has 0 bridgehead atoms. The second-order valence-corrected chi connectivity index (χ2v) is 9.57. The van der Waals surface area contributed by atoms with Gasteiger partial charge in [0.2, 0.25) is 0 Å². The molecule has 36 heavy (non-hydrogen) atoms. The third-order valence-corrected chi connectivity index (χ3v) is 7.13. The van der Waals surface area contributed by atoms with E-state index in [0.717, 1.165) is 11.1 Å². The predicted molar refractivity (Wildman–Crippen MR) is 137 cm³/mol. The van der Waals surface area contributed by atoms with Crippen LogP contribution in [0.4, 0.5) is 4.79 Å². The lowest BCUT2D eigenvalue weighted by Crippen LogP contribution is -2.50. The number of oxime groups is 1. The number of methoxy groups -OCH3 is 2. The van der Waals surface area contributed by atoms with Crippen LogP contribution in [0.2, 0.25) is 10.0 Å². The Hall–Kier alpha value is -3.17. The minimum atomic E-state index is -0.559. The highest BCUT2D eigenvalue weighted by Crippen LogP contribution is 2.35. The second kappa shape index (κ2) is 11.3. The fourth-order valence-corrected chi connectivity index (χ4v) is 4.56. The van der Waals surface area contributed by atoms with Crippen LogP contribution in [-0.4, -0.2) is 55.5 Å². The summed E-state index contributed by atoms with van der Waals surface area (Å²) in [6.07, 6.45) is 1.58. The average Bonchev–Trinajstić information content (AvgIpc) is 3.31. The monoisotopic (exact) mass is 534 g/mol. The van der Waals surface area contributed by atoms with Gasteiger partial charge >= 0.3 is 6.03 Å². The lowest BCUT2D eigenvalue weighted by molar-refractivity contribution is -0.115. The number of benzene rings is 2. The Morgan fingerprint density at radius 1 is 0.972 bits per heavy atom. The summed E-state index contributed by atoms with van der Waals surface area (Å²) in [5.41, 5.74) is 1.53. The molecule has 0 unspecified atom stereocenters. The van der Waals surface area contributed by atoms with Crippen LogP contribution >= 0.6 is 23.2 Å². The van der Waals surface area contributed by atoms with Crippen LogP contribution < -0.4 is 20.1 Å². The molecule has 0 aromatic heterocycles. The van der Waals surface area contributed by atoms with Gasteiger partial charge in [-0.1, -0.05) is 40.5 Å². The number of halogens is 2. The molecule has 2 heterocycles. The minimum absolute atomic E-state index is 0.164. The van der Waals surface area contributed by atoms with Gasteiger partial charge in [-0.2, -0.15) is 0 Å². The third-order valence-electron chi connectivity index (χ3n) is 6.39. The number of hydrogen-bond donors (Lipinski definition) is 2. The van der Waals surface area contributed by atoms with Crippen LogP contribution in [0.3, 0.4) is 0 Å². The molecule has 192 valence electrons. The van der Waals surface area contributed by atoms with Crippen LogP contribution in [0.1, 0.15) is 30.4 Å². The number of carbonyl (C=O) groups is 2. The molecule has 3 amide bonds. The van der Waals surface area contributed by atoms with E-state index in [1.54, 1.807) is 37.3 Å². The number of rotatable bonds is 7. The molecule has 11 heteroatoms. The maximum absolute atomic E-state index is 12.7. The summed E-state index contributed by atoms with van der Waals surface area (Å²) >= 11 is 12.0. The smallest absolute Gasteiger partial charge is 0.317 e. The predicted octanol–water partition coefficient (Wildman–Crippen LogP) is 4.15. The van der Waals surface area contributed by atoms with Gasteiger partial charge in [0.1, 0.15) is 11.3 Å². The van der Waals surface area contributed by atoms with Crippen LogP contribution in [0.15, 0.2) is 41.6 Å². The molecule has 2 aromatic carbocycles. The Kier molecular flexibility index (Phi) is 8.11. The largest absolute Gasteiger partial charge is 0.493 e. The van der Waals surface area contributed by atoms with Crippen molar-refractivity contribution in [2.24, 2.45) is 5.16 Å². The first-order valence-electron chi connectivity index (χ1n) is 11.5. The zero-order chi connectivity index (χ0) is 25.7. The third kappa shape index (κ3) is 5.96. The standard InChI is InChI=1S/C25H28Cl2N4O5/c1-34-21-6-4-17(12-22(21)35-2)14-28-23(32)20-13-25(36-30-20)7-9-31(10-8-25)24(33)29-15-16-3-5-18(26)19(27)11-16/h3-6,11-12H,7-10,13-15H2,1-2H3,(H,28,32)(H,29,33). The number of piperidine rings is 1. The molecule has 4 rings (SSSR count). The lowest BCUT2D eigenvalue weighted by Gasteiger charge is -2.37. The number of amides is 3. The van der Waals surface area contributed by atoms with Gasteiger partial charge in [-0.05, 0) is 35.4 Å². The summed E-state index contributed by atoms with van der Waals surface area (Å²) in [4.78, 5) is 32.8. The van der Waals surface area contributed by atoms with Crippen molar-refractivity contribution in [1.29, 1.82) is 0 Å². The number of urea groups is 1. The zero-order valence-electron chi connectivity index (χ0n) is 20.1. The molecule has 0 radical (unpaired) electrons. The Morgan fingerprint density at radius 3 is 2.33 bits per heavy atom. The highest BCUT2D eigenvalue weighted by molar-refractivity contribution is 6.42. The average molecular weight is 535 g/mol. The van der Waals surface area contributed by atoms with Crippen LogP contribution in [0, 0.1) is 0 Å². The highest BCUT2D eigenvalue weighted by Gasteiger charge is 2.44. The normalized spacial score (nSPS) is 16.2. The van der Waals surface area contributed by atoms with Crippen LogP contribution in [-0.2, 0) is 22.7 Å². The van der Waals surface area contributed by atoms with E-state index in [9.17, 15) is 9.59 Å². The van der Waals surface area contributed by atoms with Gasteiger partial charge < -0.3 is 29.8 Å². The number of likely N-dealkylation sites (tertiary alicyclic amines) is 1. The molecule has 9 nitrogen and oxygen atoms in total. The van der Waals surface area contributed by atoms with E-state index in [1.807, 2.05) is 18.2 Å². The number of hydrogen-bond acceptors (Lipinski definition) is 6. The van der Waals surface area contributed by atoms with Crippen molar-refractivity contribution >= 4 is 40.9 Å². The summed E-state index contributed by atoms with van der Waals surface area (Å²) in [5, 5.41) is 10.8. The number of nitrogens with one attached hydrogen (secondary N) is 2. The number of nitrogens with zero attached hydrogens (tertiary/aromatic N) is 2. The Labute approximate surface area is 219 Å². The summed E-state index contributed by atoms with van der Waals surface area (Å²) in [6.45, 7) is 1.67. The van der Waals surface area contributed by atoms with Gasteiger partial charge in [0.05, 0.1) is 24.3 Å². The summed E-state index contributed by atoms with van der Waals surface area (Å²) in [7, 11) is 3.14. The Balaban J connectivity index is 1.23. The summed E-state index contributed by atoms with van der Waals surface area (Å²) < 4.78 is 10.5. The molecule has 2 aromatic rings. The van der Waals surface area contributed by atoms with E-state index in [1.165, 1.54) is 0 Å². The molecule has 1 saturated heterocycles. The molecule has 0 atom stereocenters. The van der Waals surface area contributed by atoms with Crippen molar-refractivity contribution in [3.05, 3.63) is 57.6 Å². The fourth-order valence-electron chi connectivity index (χ4n) is 4.24. The highest BCUT2D eigenvalue weighted by atomic mass is 35.5. The maximum Gasteiger partial charge on any atom is 0.317 e. The van der Waals surface area contributed by atoms with E-state index in [0.29, 0.717) is 72.7 Å². The molecule has 2 aliphatic heterocycles. The Bertz CT molecular complexity index is 1170. The molecule has 2 N–H and O–H groups in total. The maximum atomic E-state index is 12.7. The first-order valence-corrected chi connectivity index (χ1v) is 12.3. The number of ether oxygens (including phenoxy) is 2. The van der Waals surface area contributed by atoms with Gasteiger partial charge in [-0.3, -0.25) is 4.79 Å². The van der Waals surface area contributed by atoms with Crippen molar-refractivity contribution in [2.75, 3.05) is 27.3 Å². The first kappa shape index (κ1) is 25.9. The molecule has 1 fully saturated rings. The Morgan fingerprint density at radius 2 is 1.64 bits per heavy atom. The van der Waals surface area contributed by atoms with E-state index in [4.69, 9.17) is 37.5 Å². The van der Waals surface area contributed by atoms with Gasteiger partial charge in [0.25, 0.3) is 5.91 Å². The van der Waals surface area contributed by atoms with Crippen molar-refractivity contribution in [2.45, 2.75) is 38.0 Å². The minimum Gasteiger partial charge on any atom is -0.493 e. The summed E-state index contributed by atoms with van der Waals surface area (Å²) in [5.74, 6) is 0.943. The SMILES string of the molecule is COc1ccc(CNC(=O)C2=NOC3(CCN(C(=O)NCc4ccc(Cl)c(Cl)c4)CC3)C2)cc1OC. The summed E-state index contributed by atoms with van der Waals surface area (Å²) in [6, 6.07) is 10.6. The fraction of sp³-hybridized carbons (Fsp3) is 0.400. The first-order chi connectivity index (χ1) is 17.3. The number of carbonyl (C=O) groups excluding carboxylic acids is 2. The van der Waals surface area contributed by atoms with Gasteiger partial charge in [-0.15, -0.1) is 0 Å². The quantitative estimate of drug-likeness (QED) is 0.555. The second-order valence-electron chi connectivity index (χ2n) is 8.76.